The number of benzene rings is 2. The van der Waals surface area contributed by atoms with Crippen molar-refractivity contribution < 1.29 is 22.8 Å². The van der Waals surface area contributed by atoms with Crippen molar-refractivity contribution in [1.29, 1.82) is 0 Å². The van der Waals surface area contributed by atoms with E-state index in [1.807, 2.05) is 6.07 Å². The van der Waals surface area contributed by atoms with Crippen molar-refractivity contribution in [1.82, 2.24) is 9.80 Å². The lowest BCUT2D eigenvalue weighted by Gasteiger charge is -2.22. The van der Waals surface area contributed by atoms with Crippen LogP contribution >= 0.6 is 0 Å². The molecule has 0 N–H and O–H groups in total. The SMILES string of the molecule is O=C(c1ccccc1)N1CCCN(C(=O)c2ccc(C(F)(F)F)cc2)CC1. The molecule has 1 heterocycles. The van der Waals surface area contributed by atoms with Crippen LogP contribution in [0.4, 0.5) is 13.2 Å². The zero-order chi connectivity index (χ0) is 19.4. The molecule has 142 valence electrons. The van der Waals surface area contributed by atoms with Crippen molar-refractivity contribution in [2.45, 2.75) is 12.6 Å². The standard InChI is InChI=1S/C20H19F3N2O2/c21-20(22,23)17-9-7-16(8-10-17)19(27)25-12-4-11-24(13-14-25)18(26)15-5-2-1-3-6-15/h1-3,5-10H,4,11-14H2. The van der Waals surface area contributed by atoms with Gasteiger partial charge in [-0.1, -0.05) is 18.2 Å². The van der Waals surface area contributed by atoms with Crippen molar-refractivity contribution in [2.75, 3.05) is 26.2 Å². The molecule has 0 bridgehead atoms. The Morgan fingerprint density at radius 1 is 0.704 bits per heavy atom. The monoisotopic (exact) mass is 376 g/mol. The molecular formula is C20H19F3N2O2. The van der Waals surface area contributed by atoms with E-state index < -0.39 is 11.7 Å². The Labute approximate surface area is 155 Å². The summed E-state index contributed by atoms with van der Waals surface area (Å²) >= 11 is 0. The second kappa shape index (κ2) is 7.82. The Balaban J connectivity index is 1.65. The number of nitrogens with zero attached hydrogens (tertiary/aromatic N) is 2. The Morgan fingerprint density at radius 3 is 1.67 bits per heavy atom. The third-order valence-corrected chi connectivity index (χ3v) is 4.55. The van der Waals surface area contributed by atoms with E-state index in [0.29, 0.717) is 38.2 Å². The molecule has 2 aromatic rings. The van der Waals surface area contributed by atoms with Crippen LogP contribution in [0.3, 0.4) is 0 Å². The second-order valence-corrected chi connectivity index (χ2v) is 6.38. The number of hydrogen-bond acceptors (Lipinski definition) is 2. The maximum Gasteiger partial charge on any atom is 0.416 e. The zero-order valence-electron chi connectivity index (χ0n) is 14.6. The lowest BCUT2D eigenvalue weighted by atomic mass is 10.1. The minimum absolute atomic E-state index is 0.0839. The Morgan fingerprint density at radius 2 is 1.19 bits per heavy atom. The van der Waals surface area contributed by atoms with E-state index in [9.17, 15) is 22.8 Å². The number of carbonyl (C=O) groups excluding carboxylic acids is 2. The van der Waals surface area contributed by atoms with E-state index in [1.165, 1.54) is 12.1 Å². The number of halogens is 3. The molecule has 3 rings (SSSR count). The van der Waals surface area contributed by atoms with Gasteiger partial charge >= 0.3 is 6.18 Å². The number of rotatable bonds is 2. The van der Waals surface area contributed by atoms with Gasteiger partial charge in [-0.2, -0.15) is 13.2 Å². The number of alkyl halides is 3. The highest BCUT2D eigenvalue weighted by atomic mass is 19.4. The van der Waals surface area contributed by atoms with Crippen LogP contribution in [0.15, 0.2) is 54.6 Å². The predicted octanol–water partition coefficient (Wildman–Crippen LogP) is 3.69. The van der Waals surface area contributed by atoms with Crippen molar-refractivity contribution in [3.05, 3.63) is 71.3 Å². The summed E-state index contributed by atoms with van der Waals surface area (Å²) in [6.07, 6.45) is -3.81. The Hall–Kier alpha value is -2.83. The number of amides is 2. The van der Waals surface area contributed by atoms with Crippen molar-refractivity contribution >= 4 is 11.8 Å². The van der Waals surface area contributed by atoms with Crippen molar-refractivity contribution in [2.24, 2.45) is 0 Å². The predicted molar refractivity (Wildman–Crippen MR) is 94.3 cm³/mol. The molecule has 0 aromatic heterocycles. The molecule has 1 fully saturated rings. The van der Waals surface area contributed by atoms with Gasteiger partial charge < -0.3 is 9.80 Å². The topological polar surface area (TPSA) is 40.6 Å². The molecule has 0 saturated carbocycles. The maximum absolute atomic E-state index is 12.7. The summed E-state index contributed by atoms with van der Waals surface area (Å²) in [5.41, 5.74) is 0.0281. The molecule has 1 aliphatic heterocycles. The highest BCUT2D eigenvalue weighted by Gasteiger charge is 2.30. The molecule has 1 saturated heterocycles. The number of carbonyl (C=O) groups is 2. The molecule has 0 atom stereocenters. The highest BCUT2D eigenvalue weighted by Crippen LogP contribution is 2.29. The van der Waals surface area contributed by atoms with Gasteiger partial charge in [-0.25, -0.2) is 0 Å². The second-order valence-electron chi connectivity index (χ2n) is 6.38. The summed E-state index contributed by atoms with van der Waals surface area (Å²) in [7, 11) is 0. The van der Waals surface area contributed by atoms with Gasteiger partial charge in [0.25, 0.3) is 11.8 Å². The van der Waals surface area contributed by atoms with Crippen LogP contribution in [0.2, 0.25) is 0 Å². The first kappa shape index (κ1) is 18.9. The van der Waals surface area contributed by atoms with Gasteiger partial charge in [0.2, 0.25) is 0 Å². The molecule has 2 amide bonds. The first-order chi connectivity index (χ1) is 12.9. The molecule has 2 aromatic carbocycles. The lowest BCUT2D eigenvalue weighted by molar-refractivity contribution is -0.137. The maximum atomic E-state index is 12.7. The summed E-state index contributed by atoms with van der Waals surface area (Å²) < 4.78 is 38.0. The molecular weight excluding hydrogens is 357 g/mol. The average Bonchev–Trinajstić information content (AvgIpc) is 2.93. The van der Waals surface area contributed by atoms with E-state index in [0.717, 1.165) is 12.1 Å². The molecule has 27 heavy (non-hydrogen) atoms. The Kier molecular flexibility index (Phi) is 5.48. The van der Waals surface area contributed by atoms with E-state index in [2.05, 4.69) is 0 Å². The molecule has 7 heteroatoms. The van der Waals surface area contributed by atoms with Crippen LogP contribution in [0, 0.1) is 0 Å². The van der Waals surface area contributed by atoms with Gasteiger partial charge in [-0.3, -0.25) is 9.59 Å². The lowest BCUT2D eigenvalue weighted by Crippen LogP contribution is -2.37. The highest BCUT2D eigenvalue weighted by molar-refractivity contribution is 5.95. The van der Waals surface area contributed by atoms with Gasteiger partial charge in [0.05, 0.1) is 5.56 Å². The quantitative estimate of drug-likeness (QED) is 0.802. The minimum Gasteiger partial charge on any atom is -0.337 e. The molecule has 0 unspecified atom stereocenters. The van der Waals surface area contributed by atoms with Crippen LogP contribution in [0.5, 0.6) is 0 Å². The van der Waals surface area contributed by atoms with Crippen LogP contribution in [0.25, 0.3) is 0 Å². The van der Waals surface area contributed by atoms with Gasteiger partial charge in [0.1, 0.15) is 0 Å². The van der Waals surface area contributed by atoms with Crippen LogP contribution in [0.1, 0.15) is 32.7 Å². The third kappa shape index (κ3) is 4.48. The summed E-state index contributed by atoms with van der Waals surface area (Å²) in [6.45, 7) is 1.72. The smallest absolute Gasteiger partial charge is 0.337 e. The normalized spacial score (nSPS) is 15.4. The van der Waals surface area contributed by atoms with E-state index >= 15 is 0 Å². The first-order valence-electron chi connectivity index (χ1n) is 8.67. The van der Waals surface area contributed by atoms with Gasteiger partial charge in [0.15, 0.2) is 0 Å². The fraction of sp³-hybridized carbons (Fsp3) is 0.300. The van der Waals surface area contributed by atoms with Crippen molar-refractivity contribution in [3.63, 3.8) is 0 Å². The molecule has 0 radical (unpaired) electrons. The first-order valence-corrected chi connectivity index (χ1v) is 8.67. The van der Waals surface area contributed by atoms with Gasteiger partial charge in [-0.05, 0) is 42.8 Å². The fourth-order valence-electron chi connectivity index (χ4n) is 3.07. The van der Waals surface area contributed by atoms with Gasteiger partial charge in [-0.15, -0.1) is 0 Å². The summed E-state index contributed by atoms with van der Waals surface area (Å²) in [6, 6.07) is 13.1. The summed E-state index contributed by atoms with van der Waals surface area (Å²) in [4.78, 5) is 28.4. The van der Waals surface area contributed by atoms with Crippen LogP contribution in [-0.2, 0) is 6.18 Å². The third-order valence-electron chi connectivity index (χ3n) is 4.55. The summed E-state index contributed by atoms with van der Waals surface area (Å²) in [5, 5.41) is 0. The van der Waals surface area contributed by atoms with E-state index in [-0.39, 0.29) is 17.4 Å². The number of hydrogen-bond donors (Lipinski definition) is 0. The van der Waals surface area contributed by atoms with Crippen LogP contribution < -0.4 is 0 Å². The van der Waals surface area contributed by atoms with E-state index in [4.69, 9.17) is 0 Å². The minimum atomic E-state index is -4.43. The largest absolute Gasteiger partial charge is 0.416 e. The van der Waals surface area contributed by atoms with Crippen molar-refractivity contribution in [3.8, 4) is 0 Å². The molecule has 0 spiro atoms. The molecule has 0 aliphatic carbocycles. The Bertz CT molecular complexity index is 804. The molecule has 1 aliphatic rings. The van der Waals surface area contributed by atoms with Crippen LogP contribution in [-0.4, -0.2) is 47.8 Å². The summed E-state index contributed by atoms with van der Waals surface area (Å²) in [5.74, 6) is -0.405. The van der Waals surface area contributed by atoms with Gasteiger partial charge in [0, 0.05) is 37.3 Å². The average molecular weight is 376 g/mol. The molecule has 4 nitrogen and oxygen atoms in total. The zero-order valence-corrected chi connectivity index (χ0v) is 14.6. The van der Waals surface area contributed by atoms with E-state index in [1.54, 1.807) is 34.1 Å². The fourth-order valence-corrected chi connectivity index (χ4v) is 3.07.